The van der Waals surface area contributed by atoms with Gasteiger partial charge in [0.1, 0.15) is 0 Å². The second-order valence-corrected chi connectivity index (χ2v) is 17.6. The Morgan fingerprint density at radius 1 is 0.933 bits per heavy atom. The van der Waals surface area contributed by atoms with E-state index in [-0.39, 0.29) is 0 Å². The van der Waals surface area contributed by atoms with Crippen LogP contribution < -0.4 is 0 Å². The molecule has 0 unspecified atom stereocenters. The second-order valence-electron chi connectivity index (χ2n) is 4.39. The van der Waals surface area contributed by atoms with Crippen LogP contribution in [0.2, 0.25) is 13.3 Å². The molecule has 1 nitrogen and oxygen atoms in total. The van der Waals surface area contributed by atoms with Crippen LogP contribution in [0.25, 0.3) is 0 Å². The Bertz CT molecular complexity index is 160. The predicted molar refractivity (Wildman–Crippen MR) is 71.8 cm³/mol. The van der Waals surface area contributed by atoms with Crippen molar-refractivity contribution in [2.75, 3.05) is 6.61 Å². The van der Waals surface area contributed by atoms with E-state index in [9.17, 15) is 0 Å². The summed E-state index contributed by atoms with van der Waals surface area (Å²) < 4.78 is 11.3. The zero-order valence-corrected chi connectivity index (χ0v) is 13.9. The molecule has 0 aromatic rings. The van der Waals surface area contributed by atoms with E-state index in [0.29, 0.717) is 0 Å². The number of rotatable bonds is 9. The summed E-state index contributed by atoms with van der Waals surface area (Å²) in [5.74, 6) is 0. The molecule has 0 aliphatic carbocycles. The summed E-state index contributed by atoms with van der Waals surface area (Å²) in [6.07, 6.45) is 3.92. The van der Waals surface area contributed by atoms with Gasteiger partial charge in [0, 0.05) is 0 Å². The van der Waals surface area contributed by atoms with Crippen molar-refractivity contribution in [2.24, 2.45) is 0 Å². The van der Waals surface area contributed by atoms with Crippen LogP contribution in [0.15, 0.2) is 10.4 Å². The molecule has 0 fully saturated rings. The summed E-state index contributed by atoms with van der Waals surface area (Å²) in [4.78, 5) is 0. The molecular weight excluding hydrogens is 291 g/mol. The monoisotopic (exact) mass is 320 g/mol. The maximum atomic E-state index is 5.76. The first kappa shape index (κ1) is 15.3. The van der Waals surface area contributed by atoms with Crippen LogP contribution >= 0.6 is 0 Å². The van der Waals surface area contributed by atoms with Crippen molar-refractivity contribution < 1.29 is 4.74 Å². The number of hydrogen-bond acceptors (Lipinski definition) is 1. The average Bonchev–Trinajstić information content (AvgIpc) is 2.19. The van der Waals surface area contributed by atoms with Crippen LogP contribution in [0.5, 0.6) is 0 Å². The van der Waals surface area contributed by atoms with Gasteiger partial charge in [-0.25, -0.2) is 0 Å². The zero-order valence-electron chi connectivity index (χ0n) is 11.1. The van der Waals surface area contributed by atoms with Gasteiger partial charge in [-0.15, -0.1) is 0 Å². The fourth-order valence-corrected chi connectivity index (χ4v) is 16.6. The Morgan fingerprint density at radius 2 is 1.33 bits per heavy atom. The average molecular weight is 319 g/mol. The molecule has 0 spiro atoms. The standard InChI is InChI=1S/C4H7O.3C3H7.Sn/c1-3-5-4-2;3*1-3-2;/h1,4H2,2H3;3*1,3H2,2H3;. The Morgan fingerprint density at radius 3 is 1.60 bits per heavy atom. The molecule has 0 aliphatic rings. The molecule has 0 N–H and O–H groups in total. The van der Waals surface area contributed by atoms with Crippen molar-refractivity contribution in [3.8, 4) is 0 Å². The zero-order chi connectivity index (χ0) is 11.7. The quantitative estimate of drug-likeness (QED) is 0.440. The van der Waals surface area contributed by atoms with Crippen LogP contribution in [0.1, 0.15) is 47.0 Å². The number of ether oxygens (including phenoxy) is 1. The Balaban J connectivity index is 4.65. The van der Waals surface area contributed by atoms with Gasteiger partial charge in [0.05, 0.1) is 0 Å². The van der Waals surface area contributed by atoms with E-state index in [1.807, 2.05) is 0 Å². The molecule has 0 radical (unpaired) electrons. The molecule has 0 atom stereocenters. The molecule has 0 aliphatic heterocycles. The summed E-state index contributed by atoms with van der Waals surface area (Å²) >= 11 is -2.15. The van der Waals surface area contributed by atoms with Crippen molar-refractivity contribution in [2.45, 2.75) is 60.3 Å². The van der Waals surface area contributed by atoms with E-state index < -0.39 is 18.4 Å². The molecule has 90 valence electrons. The summed E-state index contributed by atoms with van der Waals surface area (Å²) in [5.41, 5.74) is 0. The fraction of sp³-hybridized carbons (Fsp3) is 0.846. The molecule has 0 saturated carbocycles. The molecule has 15 heavy (non-hydrogen) atoms. The fourth-order valence-electron chi connectivity index (χ4n) is 2.56. The van der Waals surface area contributed by atoms with E-state index in [4.69, 9.17) is 4.74 Å². The first-order chi connectivity index (χ1) is 7.16. The van der Waals surface area contributed by atoms with Crippen LogP contribution in [-0.4, -0.2) is 25.0 Å². The van der Waals surface area contributed by atoms with Gasteiger partial charge in [-0.3, -0.25) is 0 Å². The van der Waals surface area contributed by atoms with Gasteiger partial charge in [0.2, 0.25) is 0 Å². The third-order valence-electron chi connectivity index (χ3n) is 3.10. The molecule has 0 aromatic heterocycles. The minimum atomic E-state index is -2.15. The predicted octanol–water partition coefficient (Wildman–Crippen LogP) is 4.75. The Labute approximate surface area is 100 Å². The molecule has 0 aromatic carbocycles. The SMILES string of the molecule is C=[C](OCC)[Sn]([CH2]CC)([CH2]CC)[CH2]CC. The van der Waals surface area contributed by atoms with E-state index in [0.717, 1.165) is 6.61 Å². The third kappa shape index (κ3) is 4.79. The van der Waals surface area contributed by atoms with Crippen LogP contribution in [0.4, 0.5) is 0 Å². The van der Waals surface area contributed by atoms with Gasteiger partial charge in [0.15, 0.2) is 0 Å². The van der Waals surface area contributed by atoms with E-state index in [1.165, 1.54) is 36.3 Å². The molecule has 0 bridgehead atoms. The van der Waals surface area contributed by atoms with Gasteiger partial charge < -0.3 is 0 Å². The third-order valence-corrected chi connectivity index (χ3v) is 19.4. The summed E-state index contributed by atoms with van der Waals surface area (Å²) in [6, 6.07) is 0. The Kier molecular flexibility index (Phi) is 8.68. The second kappa shape index (κ2) is 8.49. The van der Waals surface area contributed by atoms with Gasteiger partial charge in [-0.1, -0.05) is 0 Å². The van der Waals surface area contributed by atoms with Crippen LogP contribution in [0.3, 0.4) is 0 Å². The molecule has 0 amide bonds. The van der Waals surface area contributed by atoms with Gasteiger partial charge >= 0.3 is 100 Å². The molecular formula is C13H28OSn. The topological polar surface area (TPSA) is 9.23 Å². The van der Waals surface area contributed by atoms with E-state index in [1.54, 1.807) is 0 Å². The van der Waals surface area contributed by atoms with Gasteiger partial charge in [-0.05, 0) is 0 Å². The molecule has 0 heterocycles. The van der Waals surface area contributed by atoms with Crippen LogP contribution in [0, 0.1) is 0 Å². The summed E-state index contributed by atoms with van der Waals surface area (Å²) in [7, 11) is 0. The van der Waals surface area contributed by atoms with E-state index in [2.05, 4.69) is 34.3 Å². The van der Waals surface area contributed by atoms with Crippen molar-refractivity contribution in [3.63, 3.8) is 0 Å². The van der Waals surface area contributed by atoms with Crippen LogP contribution in [-0.2, 0) is 4.74 Å². The summed E-state index contributed by atoms with van der Waals surface area (Å²) in [6.45, 7) is 14.0. The van der Waals surface area contributed by atoms with Crippen molar-refractivity contribution in [1.29, 1.82) is 0 Å². The first-order valence-corrected chi connectivity index (χ1v) is 14.0. The molecule has 2 heteroatoms. The first-order valence-electron chi connectivity index (χ1n) is 6.49. The summed E-state index contributed by atoms with van der Waals surface area (Å²) in [5, 5.41) is 0. The minimum absolute atomic E-state index is 0.800. The van der Waals surface area contributed by atoms with Gasteiger partial charge in [0.25, 0.3) is 0 Å². The van der Waals surface area contributed by atoms with Crippen molar-refractivity contribution in [1.82, 2.24) is 0 Å². The normalized spacial score (nSPS) is 11.5. The number of hydrogen-bond donors (Lipinski definition) is 0. The molecule has 0 rings (SSSR count). The maximum absolute atomic E-state index is 5.76. The molecule has 0 saturated heterocycles. The Hall–Kier alpha value is 0.339. The van der Waals surface area contributed by atoms with Crippen molar-refractivity contribution in [3.05, 3.63) is 10.4 Å². The van der Waals surface area contributed by atoms with E-state index >= 15 is 0 Å². The van der Waals surface area contributed by atoms with Crippen molar-refractivity contribution >= 4 is 18.4 Å². The van der Waals surface area contributed by atoms with Gasteiger partial charge in [-0.2, -0.15) is 0 Å².